The van der Waals surface area contributed by atoms with Crippen molar-refractivity contribution in [1.82, 2.24) is 0 Å². The van der Waals surface area contributed by atoms with Gasteiger partial charge in [0.25, 0.3) is 0 Å². The number of nitrogens with zero attached hydrogens (tertiary/aromatic N) is 1. The van der Waals surface area contributed by atoms with Crippen LogP contribution in [0, 0.1) is 17.0 Å². The molecule has 0 saturated heterocycles. The molecular weight excluding hydrogens is 286 g/mol. The quantitative estimate of drug-likeness (QED) is 0.530. The minimum absolute atomic E-state index is 0.0511. The summed E-state index contributed by atoms with van der Waals surface area (Å²) in [5.41, 5.74) is 1.61. The van der Waals surface area contributed by atoms with E-state index in [0.29, 0.717) is 11.1 Å². The molecule has 0 saturated carbocycles. The number of aryl methyl sites for hydroxylation is 1. The van der Waals surface area contributed by atoms with Gasteiger partial charge in [-0.25, -0.2) is 4.79 Å². The average molecular weight is 301 g/mol. The first-order valence-corrected chi connectivity index (χ1v) is 6.69. The zero-order valence-corrected chi connectivity index (χ0v) is 12.2. The number of carbonyl (C=O) groups is 1. The molecule has 0 unspecified atom stereocenters. The summed E-state index contributed by atoms with van der Waals surface area (Å²) in [6, 6.07) is 9.51. The van der Waals surface area contributed by atoms with E-state index in [9.17, 15) is 20.0 Å². The second-order valence-electron chi connectivity index (χ2n) is 4.73. The van der Waals surface area contributed by atoms with Crippen LogP contribution < -0.4 is 0 Å². The molecule has 0 aromatic heterocycles. The van der Waals surface area contributed by atoms with Crippen molar-refractivity contribution in [3.8, 4) is 16.9 Å². The Morgan fingerprint density at radius 1 is 1.27 bits per heavy atom. The van der Waals surface area contributed by atoms with Crippen molar-refractivity contribution in [3.05, 3.63) is 57.6 Å². The highest BCUT2D eigenvalue weighted by molar-refractivity contribution is 5.98. The van der Waals surface area contributed by atoms with Gasteiger partial charge >= 0.3 is 11.7 Å². The zero-order valence-electron chi connectivity index (χ0n) is 12.2. The third-order valence-electron chi connectivity index (χ3n) is 3.17. The summed E-state index contributed by atoms with van der Waals surface area (Å²) in [4.78, 5) is 22.3. The standard InChI is InChI=1S/C16H15NO5/c1-3-22-16(19)13-8-14(17(20)21)15(18)9-12(13)11-6-4-10(2)5-7-11/h4-9,18H,3H2,1-2H3. The van der Waals surface area contributed by atoms with Crippen LogP contribution in [0.15, 0.2) is 36.4 Å². The van der Waals surface area contributed by atoms with E-state index in [0.717, 1.165) is 11.6 Å². The van der Waals surface area contributed by atoms with Crippen LogP contribution in [0.1, 0.15) is 22.8 Å². The summed E-state index contributed by atoms with van der Waals surface area (Å²) in [6.07, 6.45) is 0. The molecule has 0 bridgehead atoms. The highest BCUT2D eigenvalue weighted by Crippen LogP contribution is 2.35. The van der Waals surface area contributed by atoms with Gasteiger partial charge in [0.15, 0.2) is 5.75 Å². The molecule has 0 heterocycles. The van der Waals surface area contributed by atoms with E-state index in [2.05, 4.69) is 0 Å². The predicted molar refractivity (Wildman–Crippen MR) is 80.9 cm³/mol. The van der Waals surface area contributed by atoms with Crippen molar-refractivity contribution in [2.75, 3.05) is 6.61 Å². The number of esters is 1. The molecule has 22 heavy (non-hydrogen) atoms. The molecule has 0 aliphatic heterocycles. The van der Waals surface area contributed by atoms with Gasteiger partial charge in [-0.1, -0.05) is 29.8 Å². The molecular formula is C16H15NO5. The molecule has 0 aliphatic rings. The van der Waals surface area contributed by atoms with E-state index >= 15 is 0 Å². The van der Waals surface area contributed by atoms with E-state index in [4.69, 9.17) is 4.74 Å². The maximum atomic E-state index is 12.1. The van der Waals surface area contributed by atoms with E-state index in [1.54, 1.807) is 19.1 Å². The minimum Gasteiger partial charge on any atom is -0.502 e. The fourth-order valence-electron chi connectivity index (χ4n) is 2.07. The third-order valence-corrected chi connectivity index (χ3v) is 3.17. The molecule has 6 nitrogen and oxygen atoms in total. The largest absolute Gasteiger partial charge is 0.502 e. The Morgan fingerprint density at radius 3 is 2.45 bits per heavy atom. The summed E-state index contributed by atoms with van der Waals surface area (Å²) in [5.74, 6) is -1.16. The van der Waals surface area contributed by atoms with E-state index in [-0.39, 0.29) is 12.2 Å². The second-order valence-corrected chi connectivity index (χ2v) is 4.73. The normalized spacial score (nSPS) is 10.3. The summed E-state index contributed by atoms with van der Waals surface area (Å²) in [6.45, 7) is 3.72. The van der Waals surface area contributed by atoms with Gasteiger partial charge in [-0.05, 0) is 25.5 Å². The van der Waals surface area contributed by atoms with Crippen LogP contribution in [0.2, 0.25) is 0 Å². The lowest BCUT2D eigenvalue weighted by molar-refractivity contribution is -0.385. The topological polar surface area (TPSA) is 89.7 Å². The van der Waals surface area contributed by atoms with Gasteiger partial charge in [0, 0.05) is 11.6 Å². The van der Waals surface area contributed by atoms with Crippen molar-refractivity contribution in [1.29, 1.82) is 0 Å². The average Bonchev–Trinajstić information content (AvgIpc) is 2.47. The number of phenols is 1. The van der Waals surface area contributed by atoms with Crippen LogP contribution in [-0.2, 0) is 4.74 Å². The van der Waals surface area contributed by atoms with Crippen LogP contribution in [-0.4, -0.2) is 22.6 Å². The molecule has 0 spiro atoms. The highest BCUT2D eigenvalue weighted by atomic mass is 16.6. The Hall–Kier alpha value is -2.89. The zero-order chi connectivity index (χ0) is 16.3. The fraction of sp³-hybridized carbons (Fsp3) is 0.188. The molecule has 6 heteroatoms. The Labute approximate surface area is 127 Å². The van der Waals surface area contributed by atoms with Gasteiger partial charge in [-0.15, -0.1) is 0 Å². The lowest BCUT2D eigenvalue weighted by Gasteiger charge is -2.10. The molecule has 0 aliphatic carbocycles. The van der Waals surface area contributed by atoms with Gasteiger partial charge < -0.3 is 9.84 Å². The summed E-state index contributed by atoms with van der Waals surface area (Å²) in [5, 5.41) is 20.8. The van der Waals surface area contributed by atoms with E-state index in [1.807, 2.05) is 19.1 Å². The minimum atomic E-state index is -0.739. The number of nitro groups is 1. The summed E-state index contributed by atoms with van der Waals surface area (Å²) < 4.78 is 4.95. The smallest absolute Gasteiger partial charge is 0.339 e. The SMILES string of the molecule is CCOC(=O)c1cc([N+](=O)[O-])c(O)cc1-c1ccc(C)cc1. The van der Waals surface area contributed by atoms with Gasteiger partial charge in [0.1, 0.15) is 0 Å². The van der Waals surface area contributed by atoms with Crippen LogP contribution in [0.4, 0.5) is 5.69 Å². The molecule has 1 N–H and O–H groups in total. The van der Waals surface area contributed by atoms with Gasteiger partial charge in [-0.3, -0.25) is 10.1 Å². The Bertz CT molecular complexity index is 722. The maximum absolute atomic E-state index is 12.1. The van der Waals surface area contributed by atoms with Crippen LogP contribution >= 0.6 is 0 Å². The maximum Gasteiger partial charge on any atom is 0.339 e. The molecule has 0 amide bonds. The first kappa shape index (κ1) is 15.5. The van der Waals surface area contributed by atoms with Crippen molar-refractivity contribution in [3.63, 3.8) is 0 Å². The molecule has 2 rings (SSSR count). The molecule has 0 radical (unpaired) electrons. The summed E-state index contributed by atoms with van der Waals surface area (Å²) in [7, 11) is 0. The highest BCUT2D eigenvalue weighted by Gasteiger charge is 2.23. The molecule has 114 valence electrons. The lowest BCUT2D eigenvalue weighted by atomic mass is 9.97. The van der Waals surface area contributed by atoms with Gasteiger partial charge in [-0.2, -0.15) is 0 Å². The number of benzene rings is 2. The summed E-state index contributed by atoms with van der Waals surface area (Å²) >= 11 is 0. The number of phenolic OH excluding ortho intramolecular Hbond substituents is 1. The van der Waals surface area contributed by atoms with Crippen molar-refractivity contribution in [2.24, 2.45) is 0 Å². The number of nitro benzene ring substituents is 1. The Morgan fingerprint density at radius 2 is 1.91 bits per heavy atom. The monoisotopic (exact) mass is 301 g/mol. The predicted octanol–water partition coefficient (Wildman–Crippen LogP) is 3.45. The Balaban J connectivity index is 2.65. The number of ether oxygens (including phenoxy) is 1. The van der Waals surface area contributed by atoms with Crippen molar-refractivity contribution >= 4 is 11.7 Å². The van der Waals surface area contributed by atoms with Crippen molar-refractivity contribution in [2.45, 2.75) is 13.8 Å². The van der Waals surface area contributed by atoms with Crippen LogP contribution in [0.25, 0.3) is 11.1 Å². The molecule has 2 aromatic carbocycles. The second kappa shape index (κ2) is 6.26. The third kappa shape index (κ3) is 3.06. The number of carbonyl (C=O) groups excluding carboxylic acids is 1. The molecule has 0 atom stereocenters. The van der Waals surface area contributed by atoms with Gasteiger partial charge in [0.05, 0.1) is 17.1 Å². The first-order valence-electron chi connectivity index (χ1n) is 6.69. The van der Waals surface area contributed by atoms with E-state index in [1.165, 1.54) is 6.07 Å². The number of rotatable bonds is 4. The van der Waals surface area contributed by atoms with Crippen LogP contribution in [0.3, 0.4) is 0 Å². The molecule has 0 fully saturated rings. The number of aromatic hydroxyl groups is 1. The van der Waals surface area contributed by atoms with Gasteiger partial charge in [0.2, 0.25) is 0 Å². The van der Waals surface area contributed by atoms with Crippen molar-refractivity contribution < 1.29 is 19.6 Å². The lowest BCUT2D eigenvalue weighted by Crippen LogP contribution is -2.07. The number of hydrogen-bond acceptors (Lipinski definition) is 5. The number of hydrogen-bond donors (Lipinski definition) is 1. The van der Waals surface area contributed by atoms with E-state index < -0.39 is 22.3 Å². The first-order chi connectivity index (χ1) is 10.4. The van der Waals surface area contributed by atoms with Crippen LogP contribution in [0.5, 0.6) is 5.75 Å². The Kier molecular flexibility index (Phi) is 4.41. The fourth-order valence-corrected chi connectivity index (χ4v) is 2.07. The molecule has 2 aromatic rings.